The number of aliphatic imine (C=N–C) groups is 1. The smallest absolute Gasteiger partial charge is 0.132 e. The van der Waals surface area contributed by atoms with Gasteiger partial charge >= 0.3 is 0 Å². The van der Waals surface area contributed by atoms with E-state index < -0.39 is 5.54 Å². The largest absolute Gasteiger partial charge is 0.370 e. The molecule has 4 nitrogen and oxygen atoms in total. The van der Waals surface area contributed by atoms with Crippen LogP contribution in [-0.2, 0) is 0 Å². The zero-order valence-electron chi connectivity index (χ0n) is 7.13. The van der Waals surface area contributed by atoms with Gasteiger partial charge in [-0.1, -0.05) is 0 Å². The van der Waals surface area contributed by atoms with Crippen molar-refractivity contribution in [2.24, 2.45) is 10.1 Å². The molecule has 6 heteroatoms. The Balaban J connectivity index is 0. The summed E-state index contributed by atoms with van der Waals surface area (Å²) in [6, 6.07) is 0. The van der Waals surface area contributed by atoms with Gasteiger partial charge in [-0.05, 0) is 13.8 Å². The van der Waals surface area contributed by atoms with Gasteiger partial charge in [0.15, 0.2) is 0 Å². The number of nitrogens with zero attached hydrogens (tertiary/aromatic N) is 2. The van der Waals surface area contributed by atoms with Crippen LogP contribution in [0.4, 0.5) is 0 Å². The maximum Gasteiger partial charge on any atom is 0.132 e. The van der Waals surface area contributed by atoms with Crippen molar-refractivity contribution in [1.29, 1.82) is 5.53 Å². The molecular formula is C6H14Cl2N4. The topological polar surface area (TPSA) is 60.6 Å². The monoisotopic (exact) mass is 212 g/mol. The molecule has 0 unspecified atom stereocenters. The highest BCUT2D eigenvalue weighted by atomic mass is 35.5. The van der Waals surface area contributed by atoms with Crippen molar-refractivity contribution >= 4 is 30.6 Å². The predicted octanol–water partition coefficient (Wildman–Crippen LogP) is 1.64. The molecule has 1 rings (SSSR count). The second-order valence-electron chi connectivity index (χ2n) is 2.83. The number of halogens is 2. The summed E-state index contributed by atoms with van der Waals surface area (Å²) >= 11 is 0. The molecule has 1 aliphatic rings. The minimum atomic E-state index is -0.448. The van der Waals surface area contributed by atoms with Gasteiger partial charge in [-0.2, -0.15) is 5.11 Å². The second kappa shape index (κ2) is 5.32. The summed E-state index contributed by atoms with van der Waals surface area (Å²) < 4.78 is 0. The summed E-state index contributed by atoms with van der Waals surface area (Å²) in [6.45, 7) is 5.44. The van der Waals surface area contributed by atoms with E-state index in [0.29, 0.717) is 0 Å². The summed E-state index contributed by atoms with van der Waals surface area (Å²) in [4.78, 5) is 4.17. The van der Waals surface area contributed by atoms with Crippen LogP contribution in [0.25, 0.3) is 0 Å². The SMILES string of the molecule is CC(C)(N=N)C1=NCCN1.Cl.Cl. The molecule has 0 aliphatic carbocycles. The summed E-state index contributed by atoms with van der Waals surface area (Å²) in [5.41, 5.74) is 6.43. The number of nitrogens with one attached hydrogen (secondary N) is 2. The number of rotatable bonds is 2. The molecule has 1 aliphatic heterocycles. The molecule has 0 atom stereocenters. The molecule has 1 heterocycles. The van der Waals surface area contributed by atoms with E-state index in [0.717, 1.165) is 18.9 Å². The van der Waals surface area contributed by atoms with Crippen molar-refractivity contribution in [2.75, 3.05) is 13.1 Å². The number of hydrogen-bond acceptors (Lipinski definition) is 4. The summed E-state index contributed by atoms with van der Waals surface area (Å²) in [5, 5.41) is 6.54. The molecule has 0 spiro atoms. The van der Waals surface area contributed by atoms with Crippen LogP contribution in [0, 0.1) is 5.53 Å². The lowest BCUT2D eigenvalue weighted by atomic mass is 10.1. The Hall–Kier alpha value is -0.350. The minimum absolute atomic E-state index is 0. The van der Waals surface area contributed by atoms with Gasteiger partial charge in [-0.25, -0.2) is 5.53 Å². The van der Waals surface area contributed by atoms with Crippen LogP contribution >= 0.6 is 24.8 Å². The molecule has 0 aromatic heterocycles. The van der Waals surface area contributed by atoms with Crippen LogP contribution in [0.15, 0.2) is 10.1 Å². The van der Waals surface area contributed by atoms with E-state index in [2.05, 4.69) is 15.4 Å². The first-order valence-corrected chi connectivity index (χ1v) is 3.34. The molecule has 72 valence electrons. The van der Waals surface area contributed by atoms with Crippen LogP contribution in [0.1, 0.15) is 13.8 Å². The van der Waals surface area contributed by atoms with Gasteiger partial charge in [-0.15, -0.1) is 24.8 Å². The summed E-state index contributed by atoms with van der Waals surface area (Å²) in [7, 11) is 0. The highest BCUT2D eigenvalue weighted by Gasteiger charge is 2.25. The molecule has 0 amide bonds. The van der Waals surface area contributed by atoms with Gasteiger partial charge in [-0.3, -0.25) is 4.99 Å². The molecule has 0 aromatic carbocycles. The van der Waals surface area contributed by atoms with Crippen molar-refractivity contribution in [3.8, 4) is 0 Å². The zero-order chi connectivity index (χ0) is 7.61. The van der Waals surface area contributed by atoms with E-state index in [1.54, 1.807) is 0 Å². The Morgan fingerprint density at radius 3 is 2.42 bits per heavy atom. The van der Waals surface area contributed by atoms with Crippen molar-refractivity contribution < 1.29 is 0 Å². The van der Waals surface area contributed by atoms with Crippen molar-refractivity contribution in [3.63, 3.8) is 0 Å². The summed E-state index contributed by atoms with van der Waals surface area (Å²) in [6.07, 6.45) is 0. The number of hydrogen-bond donors (Lipinski definition) is 2. The molecule has 0 radical (unpaired) electrons. The van der Waals surface area contributed by atoms with Crippen molar-refractivity contribution in [1.82, 2.24) is 5.32 Å². The fourth-order valence-electron chi connectivity index (χ4n) is 0.861. The standard InChI is InChI=1S/C6H12N4.2ClH/c1-6(2,10-7)5-8-3-4-9-5;;/h7H,3-4H2,1-2H3,(H,8,9);2*1H. The van der Waals surface area contributed by atoms with Crippen LogP contribution in [0.5, 0.6) is 0 Å². The third-order valence-electron chi connectivity index (χ3n) is 1.53. The maximum absolute atomic E-state index is 6.87. The van der Waals surface area contributed by atoms with Crippen LogP contribution in [-0.4, -0.2) is 24.5 Å². The van der Waals surface area contributed by atoms with E-state index in [-0.39, 0.29) is 24.8 Å². The lowest BCUT2D eigenvalue weighted by molar-refractivity contribution is 0.623. The maximum atomic E-state index is 6.87. The van der Waals surface area contributed by atoms with E-state index in [4.69, 9.17) is 5.53 Å². The average molecular weight is 213 g/mol. The molecule has 12 heavy (non-hydrogen) atoms. The first-order chi connectivity index (χ1) is 4.67. The first kappa shape index (κ1) is 14.2. The van der Waals surface area contributed by atoms with E-state index in [9.17, 15) is 0 Å². The van der Waals surface area contributed by atoms with Crippen LogP contribution in [0.2, 0.25) is 0 Å². The molecule has 0 aromatic rings. The summed E-state index contributed by atoms with van der Waals surface area (Å²) in [5.74, 6) is 0.836. The first-order valence-electron chi connectivity index (χ1n) is 3.34. The Bertz CT molecular complexity index is 178. The van der Waals surface area contributed by atoms with E-state index >= 15 is 0 Å². The molecule has 0 bridgehead atoms. The molecule has 2 N–H and O–H groups in total. The fourth-order valence-corrected chi connectivity index (χ4v) is 0.861. The third-order valence-corrected chi connectivity index (χ3v) is 1.53. The van der Waals surface area contributed by atoms with Gasteiger partial charge < -0.3 is 5.32 Å². The van der Waals surface area contributed by atoms with Gasteiger partial charge in [0.25, 0.3) is 0 Å². The Morgan fingerprint density at radius 2 is 2.08 bits per heavy atom. The van der Waals surface area contributed by atoms with Crippen LogP contribution in [0.3, 0.4) is 0 Å². The van der Waals surface area contributed by atoms with Crippen LogP contribution < -0.4 is 5.32 Å². The molecule has 0 saturated carbocycles. The van der Waals surface area contributed by atoms with Crippen molar-refractivity contribution in [2.45, 2.75) is 19.4 Å². The average Bonchev–Trinajstić information content (AvgIpc) is 2.38. The predicted molar refractivity (Wildman–Crippen MR) is 54.0 cm³/mol. The third kappa shape index (κ3) is 2.95. The lowest BCUT2D eigenvalue weighted by Gasteiger charge is -2.16. The van der Waals surface area contributed by atoms with E-state index in [1.165, 1.54) is 0 Å². The lowest BCUT2D eigenvalue weighted by Crippen LogP contribution is -2.37. The quantitative estimate of drug-likeness (QED) is 0.673. The van der Waals surface area contributed by atoms with Gasteiger partial charge in [0.1, 0.15) is 11.4 Å². The van der Waals surface area contributed by atoms with E-state index in [1.807, 2.05) is 13.8 Å². The van der Waals surface area contributed by atoms with Gasteiger partial charge in [0, 0.05) is 6.54 Å². The normalized spacial score (nSPS) is 15.0. The molecule has 0 saturated heterocycles. The van der Waals surface area contributed by atoms with Gasteiger partial charge in [0.2, 0.25) is 0 Å². The highest BCUT2D eigenvalue weighted by molar-refractivity contribution is 5.91. The Morgan fingerprint density at radius 1 is 1.50 bits per heavy atom. The van der Waals surface area contributed by atoms with Crippen molar-refractivity contribution in [3.05, 3.63) is 0 Å². The highest BCUT2D eigenvalue weighted by Crippen LogP contribution is 2.11. The Labute approximate surface area is 84.5 Å². The van der Waals surface area contributed by atoms with Gasteiger partial charge in [0.05, 0.1) is 6.54 Å². The fraction of sp³-hybridized carbons (Fsp3) is 0.833. The molecular weight excluding hydrogens is 199 g/mol. The number of amidine groups is 1. The molecule has 0 fully saturated rings. The zero-order valence-corrected chi connectivity index (χ0v) is 8.76. The Kier molecular flexibility index (Phi) is 6.29. The second-order valence-corrected chi connectivity index (χ2v) is 2.83. The minimum Gasteiger partial charge on any atom is -0.370 e.